The number of hydrogen-bond acceptors (Lipinski definition) is 4. The zero-order valence-corrected chi connectivity index (χ0v) is 12.4. The van der Waals surface area contributed by atoms with Crippen LogP contribution in [0.4, 0.5) is 5.69 Å². The lowest BCUT2D eigenvalue weighted by Crippen LogP contribution is -2.40. The summed E-state index contributed by atoms with van der Waals surface area (Å²) in [6.45, 7) is 1.42. The number of aliphatic hydroxyl groups is 1. The molecule has 0 aromatic heterocycles. The van der Waals surface area contributed by atoms with Gasteiger partial charge in [0, 0.05) is 18.7 Å². The molecule has 0 aliphatic heterocycles. The molecular formula is C16H24N2O3. The summed E-state index contributed by atoms with van der Waals surface area (Å²) < 4.78 is 0. The Hall–Kier alpha value is -1.46. The van der Waals surface area contributed by atoms with E-state index in [0.717, 1.165) is 44.2 Å². The van der Waals surface area contributed by atoms with E-state index in [9.17, 15) is 15.2 Å². The van der Waals surface area contributed by atoms with Gasteiger partial charge in [-0.3, -0.25) is 10.1 Å². The molecule has 1 aromatic carbocycles. The van der Waals surface area contributed by atoms with Crippen LogP contribution in [0.2, 0.25) is 0 Å². The first kappa shape index (κ1) is 15.9. The highest BCUT2D eigenvalue weighted by Crippen LogP contribution is 2.26. The Labute approximate surface area is 125 Å². The molecule has 1 fully saturated rings. The van der Waals surface area contributed by atoms with Crippen LogP contribution in [0.15, 0.2) is 24.3 Å². The lowest BCUT2D eigenvalue weighted by atomic mass is 9.94. The maximum atomic E-state index is 10.6. The average molecular weight is 292 g/mol. The Bertz CT molecular complexity index is 451. The van der Waals surface area contributed by atoms with E-state index in [1.54, 1.807) is 12.1 Å². The van der Waals surface area contributed by atoms with Gasteiger partial charge in [-0.15, -0.1) is 0 Å². The van der Waals surface area contributed by atoms with E-state index >= 15 is 0 Å². The summed E-state index contributed by atoms with van der Waals surface area (Å²) in [5.74, 6) is 0. The largest absolute Gasteiger partial charge is 0.389 e. The molecule has 2 rings (SSSR count). The van der Waals surface area contributed by atoms with Crippen molar-refractivity contribution < 1.29 is 10.0 Å². The van der Waals surface area contributed by atoms with Gasteiger partial charge in [-0.05, 0) is 31.4 Å². The van der Waals surface area contributed by atoms with Crippen LogP contribution in [0.5, 0.6) is 0 Å². The van der Waals surface area contributed by atoms with Crippen molar-refractivity contribution in [2.45, 2.75) is 50.5 Å². The Morgan fingerprint density at radius 1 is 1.14 bits per heavy atom. The summed E-state index contributed by atoms with van der Waals surface area (Å²) in [5, 5.41) is 24.4. The van der Waals surface area contributed by atoms with Crippen LogP contribution < -0.4 is 5.32 Å². The first-order chi connectivity index (χ1) is 10.1. The number of nitro benzene ring substituents is 1. The zero-order valence-electron chi connectivity index (χ0n) is 12.4. The normalized spacial score (nSPS) is 18.1. The number of nitrogens with one attached hydrogen (secondary N) is 1. The van der Waals surface area contributed by atoms with Crippen molar-refractivity contribution >= 4 is 5.69 Å². The third kappa shape index (κ3) is 5.10. The second-order valence-electron chi connectivity index (χ2n) is 5.99. The molecule has 5 heteroatoms. The van der Waals surface area contributed by atoms with Gasteiger partial charge in [0.1, 0.15) is 0 Å². The van der Waals surface area contributed by atoms with E-state index in [0.29, 0.717) is 6.54 Å². The number of non-ortho nitro benzene ring substituents is 1. The van der Waals surface area contributed by atoms with E-state index in [-0.39, 0.29) is 10.6 Å². The van der Waals surface area contributed by atoms with E-state index < -0.39 is 5.60 Å². The van der Waals surface area contributed by atoms with Crippen molar-refractivity contribution in [2.24, 2.45) is 0 Å². The summed E-state index contributed by atoms with van der Waals surface area (Å²) in [6, 6.07) is 6.66. The van der Waals surface area contributed by atoms with Crippen LogP contribution in [0.1, 0.15) is 44.1 Å². The van der Waals surface area contributed by atoms with Gasteiger partial charge in [-0.2, -0.15) is 0 Å². The molecule has 0 heterocycles. The number of benzene rings is 1. The maximum Gasteiger partial charge on any atom is 0.269 e. The van der Waals surface area contributed by atoms with Gasteiger partial charge in [-0.25, -0.2) is 0 Å². The number of nitrogens with zero attached hydrogens (tertiary/aromatic N) is 1. The maximum absolute atomic E-state index is 10.6. The average Bonchev–Trinajstić information content (AvgIpc) is 2.69. The molecule has 0 bridgehead atoms. The Morgan fingerprint density at radius 3 is 2.33 bits per heavy atom. The highest BCUT2D eigenvalue weighted by Gasteiger charge is 2.27. The molecule has 21 heavy (non-hydrogen) atoms. The minimum atomic E-state index is -0.550. The quantitative estimate of drug-likeness (QED) is 0.366. The molecular weight excluding hydrogens is 268 g/mol. The first-order valence-corrected chi connectivity index (χ1v) is 7.76. The molecule has 0 radical (unpaired) electrons. The first-order valence-electron chi connectivity index (χ1n) is 7.76. The monoisotopic (exact) mass is 292 g/mol. The second kappa shape index (κ2) is 7.52. The Morgan fingerprint density at radius 2 is 1.76 bits per heavy atom. The van der Waals surface area contributed by atoms with Gasteiger partial charge >= 0.3 is 0 Å². The molecule has 2 N–H and O–H groups in total. The number of rotatable bonds is 6. The summed E-state index contributed by atoms with van der Waals surface area (Å²) >= 11 is 0. The predicted molar refractivity (Wildman–Crippen MR) is 82.3 cm³/mol. The summed E-state index contributed by atoms with van der Waals surface area (Å²) in [7, 11) is 0. The Balaban J connectivity index is 1.72. The van der Waals surface area contributed by atoms with Crippen LogP contribution >= 0.6 is 0 Å². The molecule has 1 aromatic rings. The lowest BCUT2D eigenvalue weighted by molar-refractivity contribution is -0.384. The second-order valence-corrected chi connectivity index (χ2v) is 5.99. The minimum Gasteiger partial charge on any atom is -0.389 e. The van der Waals surface area contributed by atoms with Crippen molar-refractivity contribution in [3.8, 4) is 0 Å². The molecule has 0 saturated heterocycles. The highest BCUT2D eigenvalue weighted by molar-refractivity contribution is 5.32. The van der Waals surface area contributed by atoms with Crippen molar-refractivity contribution in [1.29, 1.82) is 0 Å². The predicted octanol–water partition coefficient (Wildman–Crippen LogP) is 2.81. The van der Waals surface area contributed by atoms with Gasteiger partial charge in [0.2, 0.25) is 0 Å². The van der Waals surface area contributed by atoms with Gasteiger partial charge < -0.3 is 10.4 Å². The molecule has 1 aliphatic rings. The van der Waals surface area contributed by atoms with E-state index in [1.807, 2.05) is 0 Å². The minimum absolute atomic E-state index is 0.125. The standard InChI is InChI=1S/C16H24N2O3/c19-16(10-3-1-2-4-11-16)13-17-12-9-14-5-7-15(8-6-14)18(20)21/h5-8,17,19H,1-4,9-13H2. The lowest BCUT2D eigenvalue weighted by Gasteiger charge is -2.27. The molecule has 5 nitrogen and oxygen atoms in total. The van der Waals surface area contributed by atoms with Crippen LogP contribution in [-0.4, -0.2) is 28.7 Å². The molecule has 0 atom stereocenters. The molecule has 116 valence electrons. The van der Waals surface area contributed by atoms with Crippen molar-refractivity contribution in [1.82, 2.24) is 5.32 Å². The van der Waals surface area contributed by atoms with Crippen molar-refractivity contribution in [2.75, 3.05) is 13.1 Å². The topological polar surface area (TPSA) is 75.4 Å². The molecule has 0 spiro atoms. The SMILES string of the molecule is O=[N+]([O-])c1ccc(CCNCC2(O)CCCCCC2)cc1. The van der Waals surface area contributed by atoms with Crippen molar-refractivity contribution in [3.05, 3.63) is 39.9 Å². The molecule has 1 saturated carbocycles. The third-order valence-corrected chi connectivity index (χ3v) is 4.23. The van der Waals surface area contributed by atoms with Crippen LogP contribution in [0.25, 0.3) is 0 Å². The van der Waals surface area contributed by atoms with Gasteiger partial charge in [-0.1, -0.05) is 37.8 Å². The summed E-state index contributed by atoms with van der Waals surface area (Å²) in [6.07, 6.45) is 7.26. The van der Waals surface area contributed by atoms with Gasteiger partial charge in [0.25, 0.3) is 5.69 Å². The van der Waals surface area contributed by atoms with Crippen molar-refractivity contribution in [3.63, 3.8) is 0 Å². The molecule has 0 amide bonds. The third-order valence-electron chi connectivity index (χ3n) is 4.23. The van der Waals surface area contributed by atoms with E-state index in [1.165, 1.54) is 25.0 Å². The van der Waals surface area contributed by atoms with Gasteiger partial charge in [0.05, 0.1) is 10.5 Å². The zero-order chi connectivity index (χ0) is 15.1. The Kier molecular flexibility index (Phi) is 5.70. The number of hydrogen-bond donors (Lipinski definition) is 2. The fourth-order valence-electron chi connectivity index (χ4n) is 2.90. The van der Waals surface area contributed by atoms with Crippen LogP contribution in [0.3, 0.4) is 0 Å². The van der Waals surface area contributed by atoms with Crippen LogP contribution in [-0.2, 0) is 6.42 Å². The fourth-order valence-corrected chi connectivity index (χ4v) is 2.90. The molecule has 0 unspecified atom stereocenters. The van der Waals surface area contributed by atoms with Gasteiger partial charge in [0.15, 0.2) is 0 Å². The van der Waals surface area contributed by atoms with E-state index in [2.05, 4.69) is 5.32 Å². The van der Waals surface area contributed by atoms with E-state index in [4.69, 9.17) is 0 Å². The molecule has 1 aliphatic carbocycles. The summed E-state index contributed by atoms with van der Waals surface area (Å²) in [5.41, 5.74) is 0.645. The summed E-state index contributed by atoms with van der Waals surface area (Å²) in [4.78, 5) is 10.2. The number of nitro groups is 1. The van der Waals surface area contributed by atoms with Crippen LogP contribution in [0, 0.1) is 10.1 Å². The fraction of sp³-hybridized carbons (Fsp3) is 0.625. The smallest absolute Gasteiger partial charge is 0.269 e. The highest BCUT2D eigenvalue weighted by atomic mass is 16.6.